The summed E-state index contributed by atoms with van der Waals surface area (Å²) >= 11 is 0. The average Bonchev–Trinajstić information content (AvgIpc) is 2.95. The zero-order chi connectivity index (χ0) is 24.4. The van der Waals surface area contributed by atoms with E-state index < -0.39 is 0 Å². The number of aryl methyl sites for hydroxylation is 2. The highest BCUT2D eigenvalue weighted by molar-refractivity contribution is 5.64. The minimum Gasteiger partial charge on any atom is -0.369 e. The fourth-order valence-corrected chi connectivity index (χ4v) is 5.15. The predicted molar refractivity (Wildman–Crippen MR) is 149 cm³/mol. The molecule has 36 heavy (non-hydrogen) atoms. The van der Waals surface area contributed by atoms with Crippen molar-refractivity contribution in [1.82, 2.24) is 15.1 Å². The number of nitrogens with zero attached hydrogens (tertiary/aromatic N) is 3. The van der Waals surface area contributed by atoms with Gasteiger partial charge in [0.25, 0.3) is 0 Å². The van der Waals surface area contributed by atoms with Crippen LogP contribution in [-0.4, -0.2) is 34.7 Å². The molecule has 2 heterocycles. The third kappa shape index (κ3) is 6.79. The van der Waals surface area contributed by atoms with Gasteiger partial charge in [-0.05, 0) is 73.9 Å². The Morgan fingerprint density at radius 1 is 0.722 bits per heavy atom. The van der Waals surface area contributed by atoms with Crippen LogP contribution in [0.1, 0.15) is 36.0 Å². The van der Waals surface area contributed by atoms with E-state index in [0.29, 0.717) is 0 Å². The van der Waals surface area contributed by atoms with E-state index in [1.165, 1.54) is 49.0 Å². The van der Waals surface area contributed by atoms with Crippen molar-refractivity contribution in [3.63, 3.8) is 0 Å². The smallest absolute Gasteiger partial charge is 0.148 e. The molecule has 1 fully saturated rings. The number of anilines is 1. The van der Waals surface area contributed by atoms with Crippen LogP contribution in [-0.2, 0) is 19.4 Å². The van der Waals surface area contributed by atoms with E-state index in [1.54, 1.807) is 0 Å². The van der Waals surface area contributed by atoms with Gasteiger partial charge in [0.1, 0.15) is 5.82 Å². The van der Waals surface area contributed by atoms with Gasteiger partial charge in [-0.25, -0.2) is 0 Å². The molecular weight excluding hydrogens is 440 g/mol. The van der Waals surface area contributed by atoms with Gasteiger partial charge in [0.2, 0.25) is 0 Å². The molecule has 0 unspecified atom stereocenters. The molecule has 4 aromatic rings. The van der Waals surface area contributed by atoms with Crippen molar-refractivity contribution in [2.24, 2.45) is 5.92 Å². The number of likely N-dealkylation sites (tertiary alicyclic amines) is 1. The maximum Gasteiger partial charge on any atom is 0.148 e. The summed E-state index contributed by atoms with van der Waals surface area (Å²) in [6.07, 6.45) is 5.66. The number of benzene rings is 3. The molecule has 0 bridgehead atoms. The van der Waals surface area contributed by atoms with Crippen molar-refractivity contribution in [2.45, 2.75) is 38.6 Å². The van der Waals surface area contributed by atoms with E-state index in [4.69, 9.17) is 0 Å². The normalized spacial score (nSPS) is 14.6. The summed E-state index contributed by atoms with van der Waals surface area (Å²) in [6, 6.07) is 34.1. The Hall–Kier alpha value is -3.50. The Morgan fingerprint density at radius 3 is 2.06 bits per heavy atom. The maximum absolute atomic E-state index is 4.66. The lowest BCUT2D eigenvalue weighted by atomic mass is 9.93. The number of rotatable bonds is 10. The van der Waals surface area contributed by atoms with E-state index in [2.05, 4.69) is 111 Å². The Kier molecular flexibility index (Phi) is 8.38. The fraction of sp³-hybridized carbons (Fsp3) is 0.312. The summed E-state index contributed by atoms with van der Waals surface area (Å²) in [5.74, 6) is 1.66. The molecule has 4 nitrogen and oxygen atoms in total. The second kappa shape index (κ2) is 12.5. The van der Waals surface area contributed by atoms with Crippen LogP contribution in [0.25, 0.3) is 11.3 Å². The molecule has 1 aliphatic heterocycles. The molecule has 184 valence electrons. The van der Waals surface area contributed by atoms with E-state index in [-0.39, 0.29) is 0 Å². The molecule has 0 saturated carbocycles. The van der Waals surface area contributed by atoms with Crippen molar-refractivity contribution in [3.05, 3.63) is 114 Å². The first-order valence-corrected chi connectivity index (χ1v) is 13.3. The second-order valence-electron chi connectivity index (χ2n) is 9.88. The lowest BCUT2D eigenvalue weighted by Gasteiger charge is -2.32. The molecule has 0 radical (unpaired) electrons. The summed E-state index contributed by atoms with van der Waals surface area (Å²) in [5, 5.41) is 12.8. The molecule has 1 aromatic heterocycles. The van der Waals surface area contributed by atoms with Gasteiger partial charge in [-0.3, -0.25) is 4.90 Å². The van der Waals surface area contributed by atoms with Crippen LogP contribution in [0.3, 0.4) is 0 Å². The molecule has 1 saturated heterocycles. The molecule has 5 rings (SSSR count). The number of hydrogen-bond donors (Lipinski definition) is 1. The number of piperidine rings is 1. The van der Waals surface area contributed by atoms with Crippen LogP contribution in [0.5, 0.6) is 0 Å². The number of aromatic nitrogens is 2. The Balaban J connectivity index is 1.15. The Morgan fingerprint density at radius 2 is 1.36 bits per heavy atom. The second-order valence-corrected chi connectivity index (χ2v) is 9.88. The fourth-order valence-electron chi connectivity index (χ4n) is 5.15. The number of nitrogens with one attached hydrogen (secondary N) is 1. The van der Waals surface area contributed by atoms with Gasteiger partial charge in [0, 0.05) is 18.7 Å². The molecular formula is C32H36N4. The standard InChI is InChI=1S/C32H36N4/c1-4-10-26(11-5-1)16-17-30-24-31(34-35-32(30)29-14-8-3-9-15-29)33-21-18-27-19-22-36(23-20-27)25-28-12-6-2-7-13-28/h1-15,24,27H,16-23,25H2,(H,33,34). The third-order valence-electron chi connectivity index (χ3n) is 7.26. The van der Waals surface area contributed by atoms with Crippen LogP contribution < -0.4 is 5.32 Å². The average molecular weight is 477 g/mol. The first kappa shape index (κ1) is 24.2. The van der Waals surface area contributed by atoms with Crippen molar-refractivity contribution in [3.8, 4) is 11.3 Å². The van der Waals surface area contributed by atoms with Gasteiger partial charge in [0.05, 0.1) is 5.69 Å². The lowest BCUT2D eigenvalue weighted by Crippen LogP contribution is -2.33. The first-order chi connectivity index (χ1) is 17.8. The van der Waals surface area contributed by atoms with E-state index in [9.17, 15) is 0 Å². The SMILES string of the molecule is c1ccc(CCc2cc(NCCC3CCN(Cc4ccccc4)CC3)nnc2-c2ccccc2)cc1. The van der Waals surface area contributed by atoms with Gasteiger partial charge in [-0.15, -0.1) is 10.2 Å². The van der Waals surface area contributed by atoms with E-state index in [0.717, 1.165) is 48.9 Å². The van der Waals surface area contributed by atoms with Crippen LogP contribution in [0.15, 0.2) is 97.1 Å². The molecule has 0 spiro atoms. The van der Waals surface area contributed by atoms with Gasteiger partial charge in [-0.2, -0.15) is 0 Å². The van der Waals surface area contributed by atoms with Crippen molar-refractivity contribution < 1.29 is 0 Å². The molecule has 1 N–H and O–H groups in total. The zero-order valence-corrected chi connectivity index (χ0v) is 21.0. The van der Waals surface area contributed by atoms with E-state index in [1.807, 2.05) is 6.07 Å². The summed E-state index contributed by atoms with van der Waals surface area (Å²) in [4.78, 5) is 2.59. The Labute approximate surface area is 215 Å². The highest BCUT2D eigenvalue weighted by atomic mass is 15.2. The monoisotopic (exact) mass is 476 g/mol. The van der Waals surface area contributed by atoms with Crippen LogP contribution >= 0.6 is 0 Å². The Bertz CT molecular complexity index is 1190. The quantitative estimate of drug-likeness (QED) is 0.278. The topological polar surface area (TPSA) is 41.0 Å². The highest BCUT2D eigenvalue weighted by Crippen LogP contribution is 2.25. The summed E-state index contributed by atoms with van der Waals surface area (Å²) < 4.78 is 0. The van der Waals surface area contributed by atoms with Gasteiger partial charge < -0.3 is 5.32 Å². The third-order valence-corrected chi connectivity index (χ3v) is 7.26. The zero-order valence-electron chi connectivity index (χ0n) is 21.0. The lowest BCUT2D eigenvalue weighted by molar-refractivity contribution is 0.174. The summed E-state index contributed by atoms with van der Waals surface area (Å²) in [7, 11) is 0. The minimum atomic E-state index is 0.777. The van der Waals surface area contributed by atoms with Gasteiger partial charge >= 0.3 is 0 Å². The molecule has 0 amide bonds. The van der Waals surface area contributed by atoms with Crippen molar-refractivity contribution in [2.75, 3.05) is 25.0 Å². The highest BCUT2D eigenvalue weighted by Gasteiger charge is 2.19. The number of hydrogen-bond acceptors (Lipinski definition) is 4. The molecule has 0 atom stereocenters. The summed E-state index contributed by atoms with van der Waals surface area (Å²) in [5.41, 5.74) is 6.13. The van der Waals surface area contributed by atoms with Gasteiger partial charge in [0.15, 0.2) is 0 Å². The van der Waals surface area contributed by atoms with Crippen molar-refractivity contribution >= 4 is 5.82 Å². The van der Waals surface area contributed by atoms with Crippen LogP contribution in [0.4, 0.5) is 5.82 Å². The summed E-state index contributed by atoms with van der Waals surface area (Å²) in [6.45, 7) is 4.39. The first-order valence-electron chi connectivity index (χ1n) is 13.3. The van der Waals surface area contributed by atoms with Crippen LogP contribution in [0, 0.1) is 5.92 Å². The van der Waals surface area contributed by atoms with Gasteiger partial charge in [-0.1, -0.05) is 91.0 Å². The van der Waals surface area contributed by atoms with Crippen LogP contribution in [0.2, 0.25) is 0 Å². The minimum absolute atomic E-state index is 0.777. The molecule has 4 heteroatoms. The van der Waals surface area contributed by atoms with E-state index >= 15 is 0 Å². The molecule has 3 aromatic carbocycles. The molecule has 0 aliphatic carbocycles. The maximum atomic E-state index is 4.66. The predicted octanol–water partition coefficient (Wildman–Crippen LogP) is 6.64. The molecule has 1 aliphatic rings. The largest absolute Gasteiger partial charge is 0.369 e. The van der Waals surface area contributed by atoms with Crippen molar-refractivity contribution in [1.29, 1.82) is 0 Å².